The maximum Gasteiger partial charge on any atom is 0.257 e. The Morgan fingerprint density at radius 1 is 1.06 bits per heavy atom. The number of pyridine rings is 1. The Balaban J connectivity index is 1.55. The number of ether oxygens (including phenoxy) is 1. The number of benzene rings is 2. The summed E-state index contributed by atoms with van der Waals surface area (Å²) in [6, 6.07) is 13.3. The van der Waals surface area contributed by atoms with Crippen LogP contribution in [0.1, 0.15) is 39.1 Å². The topological polar surface area (TPSA) is 80.3 Å². The number of methoxy groups -OCH3 is 1. The molecule has 1 aromatic heterocycles. The zero-order valence-corrected chi connectivity index (χ0v) is 17.2. The zero-order chi connectivity index (χ0) is 22.0. The number of carbonyl (C=O) groups excluding carboxylic acids is 2. The second-order valence-electron chi connectivity index (χ2n) is 7.50. The largest absolute Gasteiger partial charge is 0.497 e. The fourth-order valence-electron chi connectivity index (χ4n) is 3.16. The molecule has 0 radical (unpaired) electrons. The summed E-state index contributed by atoms with van der Waals surface area (Å²) in [5, 5.41) is 5.65. The molecule has 1 fully saturated rings. The minimum atomic E-state index is -0.472. The summed E-state index contributed by atoms with van der Waals surface area (Å²) in [5.74, 6) is -0.459. The fraction of sp³-hybridized carbons (Fsp3) is 0.208. The van der Waals surface area contributed by atoms with Crippen LogP contribution in [0.15, 0.2) is 54.7 Å². The summed E-state index contributed by atoms with van der Waals surface area (Å²) >= 11 is 0. The highest BCUT2D eigenvalue weighted by Gasteiger charge is 2.24. The predicted molar refractivity (Wildman–Crippen MR) is 116 cm³/mol. The van der Waals surface area contributed by atoms with Crippen molar-refractivity contribution in [3.8, 4) is 17.0 Å². The molecule has 0 atom stereocenters. The lowest BCUT2D eigenvalue weighted by atomic mass is 10.00. The molecular formula is C24H22FN3O3. The molecule has 4 rings (SSSR count). The molecule has 6 nitrogen and oxygen atoms in total. The molecule has 0 unspecified atom stereocenters. The minimum absolute atomic E-state index is 0.181. The second kappa shape index (κ2) is 8.55. The van der Waals surface area contributed by atoms with E-state index in [0.717, 1.165) is 12.8 Å². The van der Waals surface area contributed by atoms with E-state index in [2.05, 4.69) is 15.6 Å². The van der Waals surface area contributed by atoms with Crippen molar-refractivity contribution in [1.29, 1.82) is 0 Å². The number of nitrogens with one attached hydrogen (secondary N) is 2. The molecule has 1 aliphatic rings. The van der Waals surface area contributed by atoms with Crippen LogP contribution in [0.5, 0.6) is 5.75 Å². The van der Waals surface area contributed by atoms with Gasteiger partial charge in [-0.1, -0.05) is 6.07 Å². The average molecular weight is 419 g/mol. The van der Waals surface area contributed by atoms with Crippen LogP contribution in [0.25, 0.3) is 11.3 Å². The first-order chi connectivity index (χ1) is 14.9. The number of carbonyl (C=O) groups is 2. The van der Waals surface area contributed by atoms with E-state index in [1.807, 2.05) is 0 Å². The first kappa shape index (κ1) is 20.5. The van der Waals surface area contributed by atoms with Crippen LogP contribution in [0.3, 0.4) is 0 Å². The fourth-order valence-corrected chi connectivity index (χ4v) is 3.16. The highest BCUT2D eigenvalue weighted by Crippen LogP contribution is 2.27. The van der Waals surface area contributed by atoms with E-state index in [-0.39, 0.29) is 23.4 Å². The lowest BCUT2D eigenvalue weighted by molar-refractivity contribution is 0.0949. The molecule has 31 heavy (non-hydrogen) atoms. The van der Waals surface area contributed by atoms with E-state index in [1.165, 1.54) is 12.3 Å². The smallest absolute Gasteiger partial charge is 0.257 e. The Hall–Kier alpha value is -3.74. The third-order valence-electron chi connectivity index (χ3n) is 5.15. The Morgan fingerprint density at radius 3 is 2.55 bits per heavy atom. The molecule has 1 heterocycles. The van der Waals surface area contributed by atoms with Gasteiger partial charge in [0.15, 0.2) is 0 Å². The van der Waals surface area contributed by atoms with Gasteiger partial charge < -0.3 is 15.4 Å². The van der Waals surface area contributed by atoms with Gasteiger partial charge in [-0.25, -0.2) is 4.39 Å². The first-order valence-corrected chi connectivity index (χ1v) is 9.97. The van der Waals surface area contributed by atoms with Crippen LogP contribution in [0.2, 0.25) is 0 Å². The van der Waals surface area contributed by atoms with Gasteiger partial charge in [-0.05, 0) is 61.7 Å². The maximum atomic E-state index is 14.5. The van der Waals surface area contributed by atoms with Crippen molar-refractivity contribution >= 4 is 17.5 Å². The van der Waals surface area contributed by atoms with Crippen LogP contribution < -0.4 is 15.4 Å². The van der Waals surface area contributed by atoms with E-state index in [1.54, 1.807) is 56.5 Å². The lowest BCUT2D eigenvalue weighted by Crippen LogP contribution is -2.25. The quantitative estimate of drug-likeness (QED) is 0.623. The van der Waals surface area contributed by atoms with E-state index >= 15 is 0 Å². The number of hydrogen-bond acceptors (Lipinski definition) is 4. The summed E-state index contributed by atoms with van der Waals surface area (Å²) in [4.78, 5) is 29.2. The number of hydrogen-bond donors (Lipinski definition) is 2. The summed E-state index contributed by atoms with van der Waals surface area (Å²) in [6.45, 7) is 1.64. The molecule has 1 saturated carbocycles. The lowest BCUT2D eigenvalue weighted by Gasteiger charge is -2.11. The predicted octanol–water partition coefficient (Wildman–Crippen LogP) is 4.35. The monoisotopic (exact) mass is 419 g/mol. The van der Waals surface area contributed by atoms with Crippen LogP contribution in [-0.4, -0.2) is 29.9 Å². The SMILES string of the molecule is COc1cccc(NC(=O)c2ccc(-c3cc(C(=O)NC4CC4)cc(F)c3C)nc2)c1. The third-order valence-corrected chi connectivity index (χ3v) is 5.15. The van der Waals surface area contributed by atoms with E-state index < -0.39 is 5.82 Å². The van der Waals surface area contributed by atoms with Crippen LogP contribution in [0.4, 0.5) is 10.1 Å². The third kappa shape index (κ3) is 4.71. The van der Waals surface area contributed by atoms with Gasteiger partial charge in [0.05, 0.1) is 18.4 Å². The van der Waals surface area contributed by atoms with Crippen molar-refractivity contribution in [3.63, 3.8) is 0 Å². The van der Waals surface area contributed by atoms with E-state index in [9.17, 15) is 14.0 Å². The number of anilines is 1. The van der Waals surface area contributed by atoms with Gasteiger partial charge in [0, 0.05) is 35.1 Å². The van der Waals surface area contributed by atoms with Gasteiger partial charge in [0.1, 0.15) is 11.6 Å². The minimum Gasteiger partial charge on any atom is -0.497 e. The highest BCUT2D eigenvalue weighted by atomic mass is 19.1. The molecule has 158 valence electrons. The Bertz CT molecular complexity index is 1140. The van der Waals surface area contributed by atoms with Crippen LogP contribution in [-0.2, 0) is 0 Å². The standard InChI is InChI=1S/C24H22FN3O3/c1-14-20(10-16(11-21(14)25)24(30)27-17-7-8-17)22-9-6-15(13-26-22)23(29)28-18-4-3-5-19(12-18)31-2/h3-6,9-13,17H,7-8H2,1-2H3,(H,27,30)(H,28,29). The zero-order valence-electron chi connectivity index (χ0n) is 17.2. The molecular weight excluding hydrogens is 397 g/mol. The van der Waals surface area contributed by atoms with Crippen molar-refractivity contribution in [3.05, 3.63) is 77.2 Å². The van der Waals surface area contributed by atoms with Crippen LogP contribution >= 0.6 is 0 Å². The van der Waals surface area contributed by atoms with Gasteiger partial charge in [-0.3, -0.25) is 14.6 Å². The molecule has 2 amide bonds. The Morgan fingerprint density at radius 2 is 1.87 bits per heavy atom. The van der Waals surface area contributed by atoms with Crippen LogP contribution in [0, 0.1) is 12.7 Å². The van der Waals surface area contributed by atoms with Gasteiger partial charge in [0.2, 0.25) is 0 Å². The van der Waals surface area contributed by atoms with E-state index in [0.29, 0.717) is 33.8 Å². The molecule has 7 heteroatoms. The number of nitrogens with zero attached hydrogens (tertiary/aromatic N) is 1. The van der Waals surface area contributed by atoms with Crippen molar-refractivity contribution in [2.24, 2.45) is 0 Å². The molecule has 1 aliphatic carbocycles. The Labute approximate surface area is 179 Å². The second-order valence-corrected chi connectivity index (χ2v) is 7.50. The van der Waals surface area contributed by atoms with Crippen molar-refractivity contribution in [1.82, 2.24) is 10.3 Å². The average Bonchev–Trinajstić information content (AvgIpc) is 3.59. The number of rotatable bonds is 6. The number of amides is 2. The van der Waals surface area contributed by atoms with Crippen molar-refractivity contribution in [2.45, 2.75) is 25.8 Å². The van der Waals surface area contributed by atoms with Gasteiger partial charge in [-0.2, -0.15) is 0 Å². The van der Waals surface area contributed by atoms with Crippen molar-refractivity contribution in [2.75, 3.05) is 12.4 Å². The van der Waals surface area contributed by atoms with Gasteiger partial charge in [-0.15, -0.1) is 0 Å². The maximum absolute atomic E-state index is 14.5. The molecule has 0 bridgehead atoms. The number of halogens is 1. The highest BCUT2D eigenvalue weighted by molar-refractivity contribution is 6.04. The summed E-state index contributed by atoms with van der Waals surface area (Å²) in [6.07, 6.45) is 3.33. The van der Waals surface area contributed by atoms with Gasteiger partial charge >= 0.3 is 0 Å². The molecule has 3 aromatic rings. The van der Waals surface area contributed by atoms with E-state index in [4.69, 9.17) is 4.74 Å². The molecule has 2 N–H and O–H groups in total. The van der Waals surface area contributed by atoms with Crippen molar-refractivity contribution < 1.29 is 18.7 Å². The molecule has 0 aliphatic heterocycles. The van der Waals surface area contributed by atoms with Gasteiger partial charge in [0.25, 0.3) is 11.8 Å². The number of aromatic nitrogens is 1. The molecule has 2 aromatic carbocycles. The molecule has 0 saturated heterocycles. The summed E-state index contributed by atoms with van der Waals surface area (Å²) < 4.78 is 19.6. The normalized spacial score (nSPS) is 12.9. The summed E-state index contributed by atoms with van der Waals surface area (Å²) in [5.41, 5.74) is 2.60. The summed E-state index contributed by atoms with van der Waals surface area (Å²) in [7, 11) is 1.55. The first-order valence-electron chi connectivity index (χ1n) is 9.97. The Kier molecular flexibility index (Phi) is 5.66. The molecule has 0 spiro atoms.